The van der Waals surface area contributed by atoms with E-state index < -0.39 is 0 Å². The molecule has 0 radical (unpaired) electrons. The molecule has 5 aromatic rings. The zero-order chi connectivity index (χ0) is 23.3. The quantitative estimate of drug-likeness (QED) is 0.251. The van der Waals surface area contributed by atoms with Gasteiger partial charge in [-0.1, -0.05) is 109 Å². The van der Waals surface area contributed by atoms with Crippen molar-refractivity contribution >= 4 is 11.9 Å². The lowest BCUT2D eigenvalue weighted by Crippen LogP contribution is -1.89. The van der Waals surface area contributed by atoms with Crippen molar-refractivity contribution in [1.29, 1.82) is 0 Å². The molecule has 0 saturated heterocycles. The molecule has 0 N–H and O–H groups in total. The van der Waals surface area contributed by atoms with Gasteiger partial charge >= 0.3 is 0 Å². The number of aromatic nitrogens is 1. The second-order valence-corrected chi connectivity index (χ2v) is 8.01. The Bertz CT molecular complexity index is 1410. The Morgan fingerprint density at radius 2 is 1.24 bits per heavy atom. The maximum absolute atomic E-state index is 11.6. The van der Waals surface area contributed by atoms with Gasteiger partial charge in [-0.05, 0) is 35.8 Å². The van der Waals surface area contributed by atoms with E-state index in [1.54, 1.807) is 13.0 Å². The summed E-state index contributed by atoms with van der Waals surface area (Å²) in [4.78, 5) is 16.5. The maximum atomic E-state index is 11.6. The molecule has 0 saturated carbocycles. The predicted molar refractivity (Wildman–Crippen MR) is 138 cm³/mol. The number of allylic oxidation sites excluding steroid dienone is 1. The Labute approximate surface area is 199 Å². The maximum Gasteiger partial charge on any atom is 0.227 e. The van der Waals surface area contributed by atoms with E-state index in [2.05, 4.69) is 12.1 Å². The van der Waals surface area contributed by atoms with Crippen LogP contribution >= 0.6 is 0 Å². The summed E-state index contributed by atoms with van der Waals surface area (Å²) in [7, 11) is 0. The lowest BCUT2D eigenvalue weighted by molar-refractivity contribution is -0.112. The minimum atomic E-state index is 0.01000. The van der Waals surface area contributed by atoms with Crippen LogP contribution in [0.25, 0.3) is 51.2 Å². The second-order valence-electron chi connectivity index (χ2n) is 8.01. The summed E-state index contributed by atoms with van der Waals surface area (Å²) in [5.74, 6) is 1.30. The van der Waals surface area contributed by atoms with Crippen molar-refractivity contribution in [1.82, 2.24) is 4.98 Å². The molecule has 0 aliphatic heterocycles. The molecule has 0 fully saturated rings. The number of oxazole rings is 1. The third-order valence-electron chi connectivity index (χ3n) is 5.62. The van der Waals surface area contributed by atoms with Gasteiger partial charge in [0.25, 0.3) is 0 Å². The van der Waals surface area contributed by atoms with Crippen LogP contribution in [0.2, 0.25) is 0 Å². The van der Waals surface area contributed by atoms with Crippen molar-refractivity contribution in [3.8, 4) is 45.2 Å². The van der Waals surface area contributed by atoms with E-state index in [-0.39, 0.29) is 5.78 Å². The highest BCUT2D eigenvalue weighted by Crippen LogP contribution is 2.39. The van der Waals surface area contributed by atoms with E-state index in [1.807, 2.05) is 103 Å². The number of nitrogens with zero attached hydrogens (tertiary/aromatic N) is 1. The molecule has 4 aromatic carbocycles. The second kappa shape index (κ2) is 9.55. The van der Waals surface area contributed by atoms with Gasteiger partial charge in [-0.2, -0.15) is 0 Å². The van der Waals surface area contributed by atoms with Crippen LogP contribution in [0, 0.1) is 0 Å². The summed E-state index contributed by atoms with van der Waals surface area (Å²) in [5, 5.41) is 0. The fraction of sp³-hybridized carbons (Fsp3) is 0.0323. The normalized spacial score (nSPS) is 11.1. The Morgan fingerprint density at radius 3 is 1.91 bits per heavy atom. The average Bonchev–Trinajstić information content (AvgIpc) is 3.34. The van der Waals surface area contributed by atoms with Crippen LogP contribution in [0.5, 0.6) is 0 Å². The summed E-state index contributed by atoms with van der Waals surface area (Å²) >= 11 is 0. The zero-order valence-electron chi connectivity index (χ0n) is 18.8. The SMILES string of the molecule is CC(=O)/C=C/c1ccccc1-c1ccccc1-c1nc(-c2ccccc2)c(-c2ccccc2)o1. The minimum absolute atomic E-state index is 0.01000. The molecule has 0 atom stereocenters. The van der Waals surface area contributed by atoms with Crippen molar-refractivity contribution in [2.75, 3.05) is 0 Å². The third kappa shape index (κ3) is 4.37. The van der Waals surface area contributed by atoms with Gasteiger partial charge in [0, 0.05) is 16.7 Å². The first-order valence-corrected chi connectivity index (χ1v) is 11.2. The summed E-state index contributed by atoms with van der Waals surface area (Å²) in [6, 6.07) is 36.2. The Hall–Kier alpha value is -4.50. The first-order chi connectivity index (χ1) is 16.7. The molecule has 3 nitrogen and oxygen atoms in total. The Kier molecular flexibility index (Phi) is 6.00. The van der Waals surface area contributed by atoms with E-state index in [9.17, 15) is 4.79 Å². The van der Waals surface area contributed by atoms with E-state index >= 15 is 0 Å². The Morgan fingerprint density at radius 1 is 0.676 bits per heavy atom. The number of rotatable bonds is 6. The number of ketones is 1. The van der Waals surface area contributed by atoms with Gasteiger partial charge in [-0.3, -0.25) is 4.79 Å². The molecule has 1 heterocycles. The van der Waals surface area contributed by atoms with Crippen LogP contribution in [0.4, 0.5) is 0 Å². The number of hydrogen-bond donors (Lipinski definition) is 0. The van der Waals surface area contributed by atoms with E-state index in [0.717, 1.165) is 44.8 Å². The van der Waals surface area contributed by atoms with Gasteiger partial charge in [-0.25, -0.2) is 4.98 Å². The van der Waals surface area contributed by atoms with Gasteiger partial charge in [-0.15, -0.1) is 0 Å². The van der Waals surface area contributed by atoms with Crippen LogP contribution in [0.1, 0.15) is 12.5 Å². The molecule has 164 valence electrons. The summed E-state index contributed by atoms with van der Waals surface area (Å²) in [6.45, 7) is 1.55. The van der Waals surface area contributed by atoms with E-state index in [4.69, 9.17) is 9.40 Å². The molecule has 0 bridgehead atoms. The van der Waals surface area contributed by atoms with Crippen LogP contribution < -0.4 is 0 Å². The lowest BCUT2D eigenvalue weighted by atomic mass is 9.95. The lowest BCUT2D eigenvalue weighted by Gasteiger charge is -2.10. The first kappa shape index (κ1) is 21.4. The van der Waals surface area contributed by atoms with Gasteiger partial charge in [0.1, 0.15) is 5.69 Å². The van der Waals surface area contributed by atoms with Gasteiger partial charge in [0.15, 0.2) is 11.5 Å². The summed E-state index contributed by atoms with van der Waals surface area (Å²) in [6.07, 6.45) is 3.45. The topological polar surface area (TPSA) is 43.1 Å². The van der Waals surface area contributed by atoms with Crippen molar-refractivity contribution in [2.45, 2.75) is 6.92 Å². The molecule has 34 heavy (non-hydrogen) atoms. The van der Waals surface area contributed by atoms with Crippen LogP contribution in [-0.2, 0) is 4.79 Å². The van der Waals surface area contributed by atoms with Crippen molar-refractivity contribution < 1.29 is 9.21 Å². The molecular formula is C31H23NO2. The highest BCUT2D eigenvalue weighted by atomic mass is 16.4. The molecule has 0 amide bonds. The van der Waals surface area contributed by atoms with Gasteiger partial charge in [0.2, 0.25) is 5.89 Å². The molecular weight excluding hydrogens is 418 g/mol. The average molecular weight is 442 g/mol. The highest BCUT2D eigenvalue weighted by Gasteiger charge is 2.20. The van der Waals surface area contributed by atoms with Crippen molar-refractivity contribution in [2.24, 2.45) is 0 Å². The standard InChI is InChI=1S/C31H23NO2/c1-22(33)20-21-23-12-8-9-17-26(23)27-18-10-11-19-28(27)31-32-29(24-13-4-2-5-14-24)30(34-31)25-15-6-3-7-16-25/h2-21H,1H3/b21-20+. The molecule has 0 unspecified atom stereocenters. The number of benzene rings is 4. The van der Waals surface area contributed by atoms with E-state index in [1.165, 1.54) is 0 Å². The Balaban J connectivity index is 1.70. The van der Waals surface area contributed by atoms with Crippen molar-refractivity contribution in [3.05, 3.63) is 121 Å². The minimum Gasteiger partial charge on any atom is -0.435 e. The molecule has 3 heteroatoms. The molecule has 0 aliphatic carbocycles. The molecule has 5 rings (SSSR count). The fourth-order valence-electron chi connectivity index (χ4n) is 4.01. The number of hydrogen-bond acceptors (Lipinski definition) is 3. The van der Waals surface area contributed by atoms with Crippen LogP contribution in [-0.4, -0.2) is 10.8 Å². The predicted octanol–water partition coefficient (Wildman–Crippen LogP) is 7.94. The zero-order valence-corrected chi connectivity index (χ0v) is 18.8. The smallest absolute Gasteiger partial charge is 0.227 e. The van der Waals surface area contributed by atoms with Crippen molar-refractivity contribution in [3.63, 3.8) is 0 Å². The number of carbonyl (C=O) groups is 1. The number of carbonyl (C=O) groups excluding carboxylic acids is 1. The largest absolute Gasteiger partial charge is 0.435 e. The molecule has 1 aromatic heterocycles. The van der Waals surface area contributed by atoms with Crippen LogP contribution in [0.3, 0.4) is 0 Å². The third-order valence-corrected chi connectivity index (χ3v) is 5.62. The monoisotopic (exact) mass is 441 g/mol. The van der Waals surface area contributed by atoms with Crippen LogP contribution in [0.15, 0.2) is 120 Å². The van der Waals surface area contributed by atoms with Gasteiger partial charge in [0.05, 0.1) is 0 Å². The van der Waals surface area contributed by atoms with Gasteiger partial charge < -0.3 is 4.42 Å². The summed E-state index contributed by atoms with van der Waals surface area (Å²) in [5.41, 5.74) is 6.64. The fourth-order valence-corrected chi connectivity index (χ4v) is 4.01. The first-order valence-electron chi connectivity index (χ1n) is 11.2. The van der Waals surface area contributed by atoms with E-state index in [0.29, 0.717) is 5.89 Å². The molecule has 0 spiro atoms. The highest BCUT2D eigenvalue weighted by molar-refractivity contribution is 5.94. The summed E-state index contributed by atoms with van der Waals surface area (Å²) < 4.78 is 6.46. The molecule has 0 aliphatic rings.